The van der Waals surface area contributed by atoms with E-state index in [1.807, 2.05) is 0 Å². The second kappa shape index (κ2) is 11.1. The van der Waals surface area contributed by atoms with Crippen molar-refractivity contribution in [3.63, 3.8) is 0 Å². The molecule has 4 N–H and O–H groups in total. The molecule has 2 rings (SSSR count). The third kappa shape index (κ3) is 6.58. The van der Waals surface area contributed by atoms with E-state index in [2.05, 4.69) is 10.2 Å². The van der Waals surface area contributed by atoms with Crippen LogP contribution in [0.2, 0.25) is 0 Å². The molecule has 0 aliphatic rings. The summed E-state index contributed by atoms with van der Waals surface area (Å²) in [5, 5.41) is 38.3. The number of phenolic OH excluding ortho intramolecular Hbond substituents is 1. The van der Waals surface area contributed by atoms with Gasteiger partial charge in [0.25, 0.3) is 5.69 Å². The molecule has 0 aromatic heterocycles. The second-order valence-corrected chi connectivity index (χ2v) is 6.21. The zero-order valence-corrected chi connectivity index (χ0v) is 18.8. The quantitative estimate of drug-likeness (QED) is 0.204. The van der Waals surface area contributed by atoms with Gasteiger partial charge in [-0.2, -0.15) is 5.11 Å². The Bertz CT molecular complexity index is 1110. The summed E-state index contributed by atoms with van der Waals surface area (Å²) in [5.74, 6) is -1.05. The maximum Gasteiger partial charge on any atom is 3.00 e. The number of nitrogens with one attached hydrogen (secondary N) is 2. The number of nitro benzene ring substituents is 2. The summed E-state index contributed by atoms with van der Waals surface area (Å²) >= 11 is 0. The Labute approximate surface area is 200 Å². The number of rotatable bonds is 5. The summed E-state index contributed by atoms with van der Waals surface area (Å²) in [7, 11) is -5.05. The van der Waals surface area contributed by atoms with E-state index >= 15 is 0 Å². The first-order chi connectivity index (χ1) is 12.4. The van der Waals surface area contributed by atoms with Crippen molar-refractivity contribution in [3.05, 3.63) is 56.0 Å². The molecular formula is C12H8CrN6NaO9S. The SMILES string of the molecule is [Cr+3].[NH-]c1cc([NH-])c(S(=O)(=O)[O-])cc1N=Nc1cc([N+](=O)[O-])cc([N+](=O)[O-])c1O.[Na+].[OH-]. The molecule has 30 heavy (non-hydrogen) atoms. The van der Waals surface area contributed by atoms with E-state index in [0.29, 0.717) is 24.3 Å². The number of hydrogen-bond acceptors (Lipinski definition) is 11. The van der Waals surface area contributed by atoms with Gasteiger partial charge in [0, 0.05) is 11.0 Å². The molecule has 2 aromatic rings. The van der Waals surface area contributed by atoms with Gasteiger partial charge < -0.3 is 26.6 Å². The number of non-ortho nitro benzene ring substituents is 1. The molecule has 15 nitrogen and oxygen atoms in total. The summed E-state index contributed by atoms with van der Waals surface area (Å²) in [6.07, 6.45) is 0. The molecule has 0 bridgehead atoms. The van der Waals surface area contributed by atoms with Gasteiger partial charge in [-0.25, -0.2) is 8.42 Å². The summed E-state index contributed by atoms with van der Waals surface area (Å²) < 4.78 is 33.3. The number of azo groups is 1. The smallest absolute Gasteiger partial charge is 0.870 e. The molecule has 153 valence electrons. The summed E-state index contributed by atoms with van der Waals surface area (Å²) in [5.41, 5.74) is 10.7. The van der Waals surface area contributed by atoms with Crippen LogP contribution in [0.5, 0.6) is 5.75 Å². The molecule has 0 spiro atoms. The van der Waals surface area contributed by atoms with Crippen molar-refractivity contribution < 1.29 is 80.3 Å². The zero-order chi connectivity index (χ0) is 20.5. The molecule has 0 aliphatic heterocycles. The molecular weight excluding hydrogens is 479 g/mol. The van der Waals surface area contributed by atoms with E-state index < -0.39 is 64.7 Å². The fraction of sp³-hybridized carbons (Fsp3) is 0. The Morgan fingerprint density at radius 1 is 0.933 bits per heavy atom. The van der Waals surface area contributed by atoms with E-state index in [4.69, 9.17) is 11.5 Å². The van der Waals surface area contributed by atoms with Crippen LogP contribution in [0.15, 0.2) is 39.4 Å². The minimum atomic E-state index is -5.05. The Kier molecular flexibility index (Phi) is 11.1. The van der Waals surface area contributed by atoms with Crippen molar-refractivity contribution in [1.29, 1.82) is 0 Å². The number of aromatic hydroxyl groups is 1. The van der Waals surface area contributed by atoms with Crippen LogP contribution < -0.4 is 29.6 Å². The van der Waals surface area contributed by atoms with E-state index in [0.717, 1.165) is 0 Å². The molecule has 0 saturated carbocycles. The minimum Gasteiger partial charge on any atom is -0.870 e. The number of benzene rings is 2. The van der Waals surface area contributed by atoms with Crippen LogP contribution in [-0.4, -0.2) is 33.4 Å². The van der Waals surface area contributed by atoms with Crippen LogP contribution in [-0.2, 0) is 27.5 Å². The van der Waals surface area contributed by atoms with Gasteiger partial charge in [0.2, 0.25) is 5.75 Å². The number of nitrogens with zero attached hydrogens (tertiary/aromatic N) is 4. The van der Waals surface area contributed by atoms with Crippen molar-refractivity contribution >= 4 is 44.2 Å². The van der Waals surface area contributed by atoms with Crippen molar-refractivity contribution in [2.75, 3.05) is 0 Å². The fourth-order valence-electron chi connectivity index (χ4n) is 1.88. The third-order valence-electron chi connectivity index (χ3n) is 3.09. The second-order valence-electron chi connectivity index (χ2n) is 4.87. The topological polar surface area (TPSA) is 266 Å². The van der Waals surface area contributed by atoms with Crippen LogP contribution in [0.25, 0.3) is 11.5 Å². The van der Waals surface area contributed by atoms with Gasteiger partial charge in [0.05, 0.1) is 21.6 Å². The maximum absolute atomic E-state index is 11.1. The Hall–Kier alpha value is -2.36. The average Bonchev–Trinajstić information content (AvgIpc) is 2.53. The van der Waals surface area contributed by atoms with E-state index in [-0.39, 0.29) is 52.4 Å². The average molecular weight is 487 g/mol. The molecule has 0 amide bonds. The Balaban J connectivity index is 0. The number of nitro groups is 2. The first kappa shape index (κ1) is 29.8. The number of hydrogen-bond donors (Lipinski definition) is 1. The van der Waals surface area contributed by atoms with Gasteiger partial charge in [0.15, 0.2) is 0 Å². The largest absolute Gasteiger partial charge is 3.00 e. The number of phenols is 1. The van der Waals surface area contributed by atoms with Crippen molar-refractivity contribution in [2.24, 2.45) is 10.2 Å². The molecule has 0 saturated heterocycles. The van der Waals surface area contributed by atoms with E-state index in [1.54, 1.807) is 0 Å². The van der Waals surface area contributed by atoms with Crippen LogP contribution in [0, 0.1) is 20.2 Å². The molecule has 0 aliphatic carbocycles. The van der Waals surface area contributed by atoms with Gasteiger partial charge in [0.1, 0.15) is 15.8 Å². The van der Waals surface area contributed by atoms with Crippen molar-refractivity contribution in [2.45, 2.75) is 4.90 Å². The molecule has 0 unspecified atom stereocenters. The van der Waals surface area contributed by atoms with Crippen LogP contribution >= 0.6 is 0 Å². The predicted octanol–water partition coefficient (Wildman–Crippen LogP) is 0.720. The van der Waals surface area contributed by atoms with Crippen molar-refractivity contribution in [3.8, 4) is 5.75 Å². The standard InChI is InChI=1S/C12H8N6O8S.Cr.Na.H2O/c13-6-3-7(14)11(27(24,25)26)4-8(6)15-16-9-1-5(17(20)21)2-10(12(9)19)18(22)23;;;/h1-4H,(H4-2,13,14,15,16,19,24,25,26);;;1H2/q-2;+3;+1;/p-2. The molecule has 0 fully saturated rings. The zero-order valence-electron chi connectivity index (χ0n) is 14.7. The molecule has 2 aromatic carbocycles. The molecule has 18 heteroatoms. The predicted molar refractivity (Wildman–Crippen MR) is 89.9 cm³/mol. The van der Waals surface area contributed by atoms with Crippen LogP contribution in [0.1, 0.15) is 0 Å². The molecule has 1 radical (unpaired) electrons. The minimum absolute atomic E-state index is 0. The Morgan fingerprint density at radius 2 is 1.47 bits per heavy atom. The first-order valence-corrected chi connectivity index (χ1v) is 7.97. The van der Waals surface area contributed by atoms with Gasteiger partial charge in [-0.3, -0.25) is 20.2 Å². The summed E-state index contributed by atoms with van der Waals surface area (Å²) in [6.45, 7) is 0. The normalized spacial score (nSPS) is 10.4. The van der Waals surface area contributed by atoms with Gasteiger partial charge in [-0.15, -0.1) is 16.5 Å². The fourth-order valence-corrected chi connectivity index (χ4v) is 2.46. The van der Waals surface area contributed by atoms with Crippen LogP contribution in [0.3, 0.4) is 0 Å². The molecule has 0 heterocycles. The first-order valence-electron chi connectivity index (χ1n) is 6.56. The van der Waals surface area contributed by atoms with Gasteiger partial charge in [-0.05, 0) is 6.07 Å². The third-order valence-corrected chi connectivity index (χ3v) is 3.97. The molecule has 0 atom stereocenters. The summed E-state index contributed by atoms with van der Waals surface area (Å²) in [6, 6.07) is 2.45. The van der Waals surface area contributed by atoms with E-state index in [9.17, 15) is 38.3 Å². The van der Waals surface area contributed by atoms with Crippen LogP contribution in [0.4, 0.5) is 34.1 Å². The van der Waals surface area contributed by atoms with Crippen molar-refractivity contribution in [1.82, 2.24) is 0 Å². The van der Waals surface area contributed by atoms with Gasteiger partial charge >= 0.3 is 52.6 Å². The monoisotopic (exact) mass is 487 g/mol. The Morgan fingerprint density at radius 3 is 1.93 bits per heavy atom. The maximum atomic E-state index is 11.1. The van der Waals surface area contributed by atoms with E-state index in [1.165, 1.54) is 0 Å². The summed E-state index contributed by atoms with van der Waals surface area (Å²) in [4.78, 5) is 18.7. The van der Waals surface area contributed by atoms with Gasteiger partial charge in [-0.1, -0.05) is 6.07 Å².